The number of rotatable bonds is 5. The Bertz CT molecular complexity index is 1000. The summed E-state index contributed by atoms with van der Waals surface area (Å²) in [7, 11) is 1.48. The number of nitrogen functional groups attached to an aromatic ring is 1. The molecule has 1 aliphatic heterocycles. The van der Waals surface area contributed by atoms with Crippen LogP contribution in [0, 0.1) is 11.6 Å². The molecule has 148 valence electrons. The average molecular weight is 390 g/mol. The topological polar surface area (TPSA) is 84.4 Å². The summed E-state index contributed by atoms with van der Waals surface area (Å²) < 4.78 is 46.6. The van der Waals surface area contributed by atoms with Crippen LogP contribution in [0.4, 0.5) is 14.5 Å². The van der Waals surface area contributed by atoms with Gasteiger partial charge in [-0.25, -0.2) is 18.4 Å². The van der Waals surface area contributed by atoms with E-state index in [2.05, 4.69) is 10.1 Å². The van der Waals surface area contributed by atoms with Crippen molar-refractivity contribution in [3.05, 3.63) is 41.7 Å². The van der Waals surface area contributed by atoms with Crippen molar-refractivity contribution >= 4 is 16.7 Å². The van der Waals surface area contributed by atoms with Crippen LogP contribution in [-0.2, 0) is 11.3 Å². The normalized spacial score (nSPS) is 17.0. The Morgan fingerprint density at radius 2 is 2.14 bits per heavy atom. The smallest absolute Gasteiger partial charge is 0.180 e. The minimum absolute atomic E-state index is 0.144. The number of aromatic nitrogens is 3. The molecular formula is C19H20F2N4O3. The maximum absolute atomic E-state index is 14.1. The summed E-state index contributed by atoms with van der Waals surface area (Å²) in [5.41, 5.74) is 5.70. The van der Waals surface area contributed by atoms with Crippen LogP contribution in [0.15, 0.2) is 24.5 Å². The van der Waals surface area contributed by atoms with Crippen LogP contribution in [0.3, 0.4) is 0 Å². The van der Waals surface area contributed by atoms with Crippen molar-refractivity contribution in [3.8, 4) is 11.5 Å². The van der Waals surface area contributed by atoms with Gasteiger partial charge in [0.05, 0.1) is 36.1 Å². The van der Waals surface area contributed by atoms with E-state index in [1.165, 1.54) is 19.4 Å². The van der Waals surface area contributed by atoms with E-state index in [9.17, 15) is 8.78 Å². The van der Waals surface area contributed by atoms with Crippen LogP contribution in [0.5, 0.6) is 11.5 Å². The Balaban J connectivity index is 1.64. The highest BCUT2D eigenvalue weighted by molar-refractivity contribution is 5.84. The van der Waals surface area contributed by atoms with E-state index in [0.29, 0.717) is 23.4 Å². The lowest BCUT2D eigenvalue weighted by molar-refractivity contribution is -0.0370. The van der Waals surface area contributed by atoms with Gasteiger partial charge in [-0.1, -0.05) is 0 Å². The van der Waals surface area contributed by atoms with Gasteiger partial charge in [0.1, 0.15) is 12.4 Å². The second-order valence-corrected chi connectivity index (χ2v) is 6.52. The van der Waals surface area contributed by atoms with Gasteiger partial charge >= 0.3 is 0 Å². The highest BCUT2D eigenvalue weighted by Gasteiger charge is 2.22. The molecule has 1 saturated heterocycles. The molecule has 0 amide bonds. The number of nitrogens with two attached hydrogens (primary N) is 1. The molecule has 1 aliphatic rings. The molecule has 3 heterocycles. The molecule has 3 aromatic rings. The molecule has 1 unspecified atom stereocenters. The number of benzene rings is 1. The summed E-state index contributed by atoms with van der Waals surface area (Å²) in [6.07, 6.45) is 5.83. The Morgan fingerprint density at radius 1 is 1.29 bits per heavy atom. The largest absolute Gasteiger partial charge is 0.492 e. The third-order valence-electron chi connectivity index (χ3n) is 4.76. The fourth-order valence-corrected chi connectivity index (χ4v) is 3.29. The zero-order chi connectivity index (χ0) is 19.7. The maximum atomic E-state index is 14.1. The molecule has 2 N–H and O–H groups in total. The minimum atomic E-state index is -0.838. The van der Waals surface area contributed by atoms with Gasteiger partial charge in [0.25, 0.3) is 0 Å². The average Bonchev–Trinajstić information content (AvgIpc) is 3.15. The van der Waals surface area contributed by atoms with E-state index in [-0.39, 0.29) is 29.8 Å². The molecule has 0 bridgehead atoms. The van der Waals surface area contributed by atoms with Crippen LogP contribution < -0.4 is 15.2 Å². The highest BCUT2D eigenvalue weighted by atomic mass is 19.1. The summed E-state index contributed by atoms with van der Waals surface area (Å²) in [5, 5.41) is 5.01. The number of fused-ring (bicyclic) bond motifs is 1. The first kappa shape index (κ1) is 18.4. The van der Waals surface area contributed by atoms with Crippen LogP contribution in [-0.4, -0.2) is 28.5 Å². The fourth-order valence-electron chi connectivity index (χ4n) is 3.29. The van der Waals surface area contributed by atoms with Crippen molar-refractivity contribution in [2.75, 3.05) is 19.5 Å². The summed E-state index contributed by atoms with van der Waals surface area (Å²) in [4.78, 5) is 4.40. The van der Waals surface area contributed by atoms with Crippen molar-refractivity contribution < 1.29 is 23.0 Å². The maximum Gasteiger partial charge on any atom is 0.180 e. The van der Waals surface area contributed by atoms with E-state index < -0.39 is 11.6 Å². The summed E-state index contributed by atoms with van der Waals surface area (Å²) in [6.45, 7) is 0.327. The SMILES string of the molecule is COc1c(OCc2c(F)ccc(N)c2F)cnc2c1cnn2C1CCCCO1. The number of pyridine rings is 1. The van der Waals surface area contributed by atoms with Crippen LogP contribution in [0.1, 0.15) is 31.1 Å². The quantitative estimate of drug-likeness (QED) is 0.671. The fraction of sp³-hybridized carbons (Fsp3) is 0.368. The molecule has 1 fully saturated rings. The van der Waals surface area contributed by atoms with Crippen molar-refractivity contribution in [1.29, 1.82) is 0 Å². The molecule has 9 heteroatoms. The Morgan fingerprint density at radius 3 is 2.89 bits per heavy atom. The lowest BCUT2D eigenvalue weighted by Gasteiger charge is -2.23. The first-order valence-corrected chi connectivity index (χ1v) is 8.97. The van der Waals surface area contributed by atoms with Crippen molar-refractivity contribution in [2.24, 2.45) is 0 Å². The van der Waals surface area contributed by atoms with Gasteiger partial charge in [0.2, 0.25) is 0 Å². The lowest BCUT2D eigenvalue weighted by Crippen LogP contribution is -2.19. The van der Waals surface area contributed by atoms with Gasteiger partial charge in [0, 0.05) is 6.61 Å². The van der Waals surface area contributed by atoms with E-state index in [0.717, 1.165) is 25.3 Å². The van der Waals surface area contributed by atoms with E-state index in [1.807, 2.05) is 0 Å². The molecule has 1 atom stereocenters. The highest BCUT2D eigenvalue weighted by Crippen LogP contribution is 2.36. The molecule has 0 spiro atoms. The Kier molecular flexibility index (Phi) is 4.99. The van der Waals surface area contributed by atoms with Crippen molar-refractivity contribution in [1.82, 2.24) is 14.8 Å². The van der Waals surface area contributed by atoms with Gasteiger partial charge in [-0.2, -0.15) is 5.10 Å². The number of halogens is 2. The molecule has 4 rings (SSSR count). The Labute approximate surface area is 160 Å². The predicted molar refractivity (Wildman–Crippen MR) is 98.0 cm³/mol. The third kappa shape index (κ3) is 3.22. The Hall–Kier alpha value is -2.94. The standard InChI is InChI=1S/C19H20F2N4O3/c1-26-18-11-8-24-25(16-4-2-3-7-27-16)19(11)23-9-15(18)28-10-12-13(20)5-6-14(22)17(12)21/h5-6,8-9,16H,2-4,7,10,22H2,1H3. The molecule has 7 nitrogen and oxygen atoms in total. The number of hydrogen-bond acceptors (Lipinski definition) is 6. The zero-order valence-corrected chi connectivity index (χ0v) is 15.3. The van der Waals surface area contributed by atoms with Gasteiger partial charge in [-0.05, 0) is 31.4 Å². The number of anilines is 1. The van der Waals surface area contributed by atoms with Crippen LogP contribution >= 0.6 is 0 Å². The summed E-state index contributed by atoms with van der Waals surface area (Å²) >= 11 is 0. The van der Waals surface area contributed by atoms with Crippen LogP contribution in [0.2, 0.25) is 0 Å². The number of ether oxygens (including phenoxy) is 3. The molecule has 0 aliphatic carbocycles. The van der Waals surface area contributed by atoms with Gasteiger partial charge in [-0.15, -0.1) is 0 Å². The predicted octanol–water partition coefficient (Wildman–Crippen LogP) is 3.58. The monoisotopic (exact) mass is 390 g/mol. The summed E-state index contributed by atoms with van der Waals surface area (Å²) in [6, 6.07) is 2.27. The molecule has 0 radical (unpaired) electrons. The number of hydrogen-bond donors (Lipinski definition) is 1. The third-order valence-corrected chi connectivity index (χ3v) is 4.76. The van der Waals surface area contributed by atoms with E-state index in [1.54, 1.807) is 10.9 Å². The lowest BCUT2D eigenvalue weighted by atomic mass is 10.2. The second kappa shape index (κ2) is 7.59. The molecular weight excluding hydrogens is 370 g/mol. The first-order chi connectivity index (χ1) is 13.6. The minimum Gasteiger partial charge on any atom is -0.492 e. The number of nitrogens with zero attached hydrogens (tertiary/aromatic N) is 3. The molecule has 1 aromatic carbocycles. The molecule has 28 heavy (non-hydrogen) atoms. The number of methoxy groups -OCH3 is 1. The van der Waals surface area contributed by atoms with Gasteiger partial charge in [0.15, 0.2) is 29.2 Å². The van der Waals surface area contributed by atoms with E-state index in [4.69, 9.17) is 19.9 Å². The van der Waals surface area contributed by atoms with Crippen LogP contribution in [0.25, 0.3) is 11.0 Å². The van der Waals surface area contributed by atoms with Crippen molar-refractivity contribution in [3.63, 3.8) is 0 Å². The first-order valence-electron chi connectivity index (χ1n) is 8.97. The molecule has 0 saturated carbocycles. The zero-order valence-electron chi connectivity index (χ0n) is 15.3. The van der Waals surface area contributed by atoms with Gasteiger partial charge < -0.3 is 19.9 Å². The van der Waals surface area contributed by atoms with Crippen molar-refractivity contribution in [2.45, 2.75) is 32.1 Å². The molecule has 2 aromatic heterocycles. The second-order valence-electron chi connectivity index (χ2n) is 6.52. The summed E-state index contributed by atoms with van der Waals surface area (Å²) in [5.74, 6) is -0.936. The van der Waals surface area contributed by atoms with E-state index >= 15 is 0 Å². The van der Waals surface area contributed by atoms with Gasteiger partial charge in [-0.3, -0.25) is 0 Å².